The van der Waals surface area contributed by atoms with Crippen LogP contribution < -0.4 is 9.64 Å². The standard InChI is InChI=1S/C23H20F3N3O3/c1-13-21-17(16-4-2-3-5-18(16)27-21)10-11-28(13)19-12-20(30)29(22(19)31)14-6-8-15(9-7-14)32-23(24,25)26/h2-9,13,19,27H,10-12H2,1H3. The molecule has 166 valence electrons. The van der Waals surface area contributed by atoms with Crippen LogP contribution in [0.15, 0.2) is 48.5 Å². The van der Waals surface area contributed by atoms with Crippen LogP contribution in [-0.4, -0.2) is 40.6 Å². The molecule has 2 aliphatic rings. The van der Waals surface area contributed by atoms with E-state index in [4.69, 9.17) is 0 Å². The Balaban J connectivity index is 1.38. The fourth-order valence-corrected chi connectivity index (χ4v) is 4.82. The molecule has 1 N–H and O–H groups in total. The van der Waals surface area contributed by atoms with Crippen molar-refractivity contribution in [3.8, 4) is 5.75 Å². The zero-order valence-electron chi connectivity index (χ0n) is 17.1. The summed E-state index contributed by atoms with van der Waals surface area (Å²) < 4.78 is 41.0. The van der Waals surface area contributed by atoms with E-state index >= 15 is 0 Å². The first-order valence-corrected chi connectivity index (χ1v) is 10.3. The van der Waals surface area contributed by atoms with Gasteiger partial charge in [-0.15, -0.1) is 13.2 Å². The Hall–Kier alpha value is -3.33. The third-order valence-electron chi connectivity index (χ3n) is 6.23. The summed E-state index contributed by atoms with van der Waals surface area (Å²) in [5, 5.41) is 1.17. The van der Waals surface area contributed by atoms with E-state index < -0.39 is 18.2 Å². The molecule has 1 saturated heterocycles. The van der Waals surface area contributed by atoms with Crippen LogP contribution in [-0.2, 0) is 16.0 Å². The number of fused-ring (bicyclic) bond motifs is 3. The number of anilines is 1. The zero-order chi connectivity index (χ0) is 22.6. The lowest BCUT2D eigenvalue weighted by Gasteiger charge is -2.36. The average molecular weight is 443 g/mol. The molecular weight excluding hydrogens is 423 g/mol. The second-order valence-electron chi connectivity index (χ2n) is 8.06. The number of alkyl halides is 3. The van der Waals surface area contributed by atoms with Crippen LogP contribution in [0, 0.1) is 0 Å². The van der Waals surface area contributed by atoms with Crippen molar-refractivity contribution in [1.29, 1.82) is 0 Å². The minimum atomic E-state index is -4.81. The molecule has 0 spiro atoms. The lowest BCUT2D eigenvalue weighted by Crippen LogP contribution is -2.46. The number of ether oxygens (including phenoxy) is 1. The number of amides is 2. The highest BCUT2D eigenvalue weighted by Crippen LogP contribution is 2.38. The number of para-hydroxylation sites is 1. The van der Waals surface area contributed by atoms with Crippen LogP contribution in [0.1, 0.15) is 30.6 Å². The lowest BCUT2D eigenvalue weighted by molar-refractivity contribution is -0.274. The van der Waals surface area contributed by atoms with Crippen LogP contribution >= 0.6 is 0 Å². The summed E-state index contributed by atoms with van der Waals surface area (Å²) in [6, 6.07) is 12.1. The van der Waals surface area contributed by atoms with Crippen LogP contribution in [0.2, 0.25) is 0 Å². The van der Waals surface area contributed by atoms with Crippen molar-refractivity contribution < 1.29 is 27.5 Å². The normalized spacial score (nSPS) is 21.9. The molecule has 32 heavy (non-hydrogen) atoms. The van der Waals surface area contributed by atoms with Crippen LogP contribution in [0.4, 0.5) is 18.9 Å². The van der Waals surface area contributed by atoms with E-state index in [0.717, 1.165) is 34.7 Å². The van der Waals surface area contributed by atoms with Crippen LogP contribution in [0.3, 0.4) is 0 Å². The summed E-state index contributed by atoms with van der Waals surface area (Å²) in [4.78, 5) is 32.4. The molecule has 6 nitrogen and oxygen atoms in total. The molecule has 0 bridgehead atoms. The number of hydrogen-bond donors (Lipinski definition) is 1. The highest BCUT2D eigenvalue weighted by atomic mass is 19.4. The summed E-state index contributed by atoms with van der Waals surface area (Å²) >= 11 is 0. The van der Waals surface area contributed by atoms with Gasteiger partial charge in [0.05, 0.1) is 18.2 Å². The fourth-order valence-electron chi connectivity index (χ4n) is 4.82. The van der Waals surface area contributed by atoms with Gasteiger partial charge in [-0.2, -0.15) is 0 Å². The summed E-state index contributed by atoms with van der Waals surface area (Å²) in [7, 11) is 0. The van der Waals surface area contributed by atoms with Crippen molar-refractivity contribution in [2.45, 2.75) is 38.2 Å². The minimum Gasteiger partial charge on any atom is -0.406 e. The number of nitrogens with zero attached hydrogens (tertiary/aromatic N) is 2. The summed E-state index contributed by atoms with van der Waals surface area (Å²) in [6.07, 6.45) is -4.03. The van der Waals surface area contributed by atoms with Crippen molar-refractivity contribution in [3.63, 3.8) is 0 Å². The molecule has 0 aliphatic carbocycles. The quantitative estimate of drug-likeness (QED) is 0.613. The third kappa shape index (κ3) is 3.42. The summed E-state index contributed by atoms with van der Waals surface area (Å²) in [5.74, 6) is -1.15. The Morgan fingerprint density at radius 2 is 1.78 bits per heavy atom. The molecule has 2 atom stereocenters. The van der Waals surface area contributed by atoms with E-state index in [9.17, 15) is 22.8 Å². The van der Waals surface area contributed by atoms with Crippen LogP contribution in [0.25, 0.3) is 10.9 Å². The monoisotopic (exact) mass is 443 g/mol. The van der Waals surface area contributed by atoms with Gasteiger partial charge in [-0.25, -0.2) is 4.90 Å². The molecule has 2 aromatic carbocycles. The number of rotatable bonds is 3. The van der Waals surface area contributed by atoms with Crippen molar-refractivity contribution in [3.05, 3.63) is 59.8 Å². The SMILES string of the molecule is CC1c2[nH]c3ccccc3c2CCN1C1CC(=O)N(c2ccc(OC(F)(F)F)cc2)C1=O. The number of hydrogen-bond acceptors (Lipinski definition) is 4. The van der Waals surface area contributed by atoms with E-state index in [0.29, 0.717) is 6.54 Å². The molecule has 3 aromatic rings. The zero-order valence-corrected chi connectivity index (χ0v) is 17.1. The maximum absolute atomic E-state index is 13.2. The van der Waals surface area contributed by atoms with Gasteiger partial charge in [0.15, 0.2) is 0 Å². The van der Waals surface area contributed by atoms with Crippen molar-refractivity contribution in [2.24, 2.45) is 0 Å². The largest absolute Gasteiger partial charge is 0.573 e. The Morgan fingerprint density at radius 3 is 2.50 bits per heavy atom. The molecule has 5 rings (SSSR count). The number of halogens is 3. The highest BCUT2D eigenvalue weighted by Gasteiger charge is 2.45. The molecule has 2 amide bonds. The number of imide groups is 1. The van der Waals surface area contributed by atoms with E-state index in [1.165, 1.54) is 23.1 Å². The van der Waals surface area contributed by atoms with E-state index in [1.807, 2.05) is 30.0 Å². The van der Waals surface area contributed by atoms with Gasteiger partial charge in [0.1, 0.15) is 5.75 Å². The van der Waals surface area contributed by atoms with Gasteiger partial charge in [0.2, 0.25) is 5.91 Å². The van der Waals surface area contributed by atoms with Crippen molar-refractivity contribution >= 4 is 28.4 Å². The summed E-state index contributed by atoms with van der Waals surface area (Å²) in [6.45, 7) is 2.64. The number of carbonyl (C=O) groups excluding carboxylic acids is 2. The molecule has 0 radical (unpaired) electrons. The predicted octanol–water partition coefficient (Wildman–Crippen LogP) is 4.32. The number of H-pyrrole nitrogens is 1. The molecule has 1 fully saturated rings. The van der Waals surface area contributed by atoms with E-state index in [1.54, 1.807) is 0 Å². The maximum atomic E-state index is 13.2. The van der Waals surface area contributed by atoms with Gasteiger partial charge in [0.25, 0.3) is 5.91 Å². The lowest BCUT2D eigenvalue weighted by atomic mass is 9.96. The van der Waals surface area contributed by atoms with Gasteiger partial charge in [-0.3, -0.25) is 14.5 Å². The van der Waals surface area contributed by atoms with Crippen LogP contribution in [0.5, 0.6) is 5.75 Å². The molecule has 9 heteroatoms. The molecule has 2 unspecified atom stereocenters. The minimum absolute atomic E-state index is 0.0273. The Labute approximate surface area is 181 Å². The van der Waals surface area contributed by atoms with E-state index in [-0.39, 0.29) is 30.0 Å². The van der Waals surface area contributed by atoms with Gasteiger partial charge >= 0.3 is 6.36 Å². The van der Waals surface area contributed by atoms with Crippen molar-refractivity contribution in [2.75, 3.05) is 11.4 Å². The molecule has 3 heterocycles. The van der Waals surface area contributed by atoms with Gasteiger partial charge in [-0.05, 0) is 49.2 Å². The molecule has 1 aromatic heterocycles. The third-order valence-corrected chi connectivity index (χ3v) is 6.23. The van der Waals surface area contributed by atoms with E-state index in [2.05, 4.69) is 15.8 Å². The van der Waals surface area contributed by atoms with Gasteiger partial charge in [-0.1, -0.05) is 18.2 Å². The number of nitrogens with one attached hydrogen (secondary N) is 1. The topological polar surface area (TPSA) is 65.6 Å². The predicted molar refractivity (Wildman–Crippen MR) is 111 cm³/mol. The highest BCUT2D eigenvalue weighted by molar-refractivity contribution is 6.22. The maximum Gasteiger partial charge on any atom is 0.573 e. The number of aromatic amines is 1. The Morgan fingerprint density at radius 1 is 1.06 bits per heavy atom. The number of aromatic nitrogens is 1. The first-order valence-electron chi connectivity index (χ1n) is 10.3. The Bertz CT molecular complexity index is 1200. The molecule has 0 saturated carbocycles. The molecule has 2 aliphatic heterocycles. The number of carbonyl (C=O) groups is 2. The first kappa shape index (κ1) is 20.6. The van der Waals surface area contributed by atoms with Gasteiger partial charge in [0, 0.05) is 29.2 Å². The van der Waals surface area contributed by atoms with Crippen molar-refractivity contribution in [1.82, 2.24) is 9.88 Å². The average Bonchev–Trinajstić information content (AvgIpc) is 3.26. The first-order chi connectivity index (χ1) is 15.2. The summed E-state index contributed by atoms with van der Waals surface area (Å²) in [5.41, 5.74) is 3.55. The smallest absolute Gasteiger partial charge is 0.406 e. The second kappa shape index (κ2) is 7.37. The van der Waals surface area contributed by atoms with Gasteiger partial charge < -0.3 is 9.72 Å². The second-order valence-corrected chi connectivity index (χ2v) is 8.06. The fraction of sp³-hybridized carbons (Fsp3) is 0.304. The number of benzene rings is 2. The Kier molecular flexibility index (Phi) is 4.74. The molecular formula is C23H20F3N3O3.